The van der Waals surface area contributed by atoms with Gasteiger partial charge in [0.05, 0.1) is 5.69 Å². The summed E-state index contributed by atoms with van der Waals surface area (Å²) in [5.74, 6) is 0. The lowest BCUT2D eigenvalue weighted by Gasteiger charge is -2.12. The number of halogens is 1. The lowest BCUT2D eigenvalue weighted by molar-refractivity contribution is 0.173. The van der Waals surface area contributed by atoms with E-state index in [-0.39, 0.29) is 0 Å². The molecule has 88 valence electrons. The highest BCUT2D eigenvalue weighted by Crippen LogP contribution is 2.23. The topological polar surface area (TPSA) is 33.1 Å². The van der Waals surface area contributed by atoms with Gasteiger partial charge in [0.1, 0.15) is 6.10 Å². The van der Waals surface area contributed by atoms with E-state index in [9.17, 15) is 5.11 Å². The van der Waals surface area contributed by atoms with Crippen LogP contribution in [0.15, 0.2) is 47.1 Å². The normalized spacial score (nSPS) is 12.4. The van der Waals surface area contributed by atoms with Crippen LogP contribution in [-0.4, -0.2) is 10.1 Å². The molecule has 0 fully saturated rings. The zero-order chi connectivity index (χ0) is 12.3. The first-order chi connectivity index (χ1) is 8.16. The molecule has 0 aliphatic rings. The molecule has 0 spiro atoms. The summed E-state index contributed by atoms with van der Waals surface area (Å²) in [5, 5.41) is 10.2. The monoisotopic (exact) mass is 291 g/mol. The Morgan fingerprint density at radius 2 is 2.12 bits per heavy atom. The fourth-order valence-electron chi connectivity index (χ4n) is 1.80. The Bertz CT molecular complexity index is 513. The molecule has 2 nitrogen and oxygen atoms in total. The van der Waals surface area contributed by atoms with Gasteiger partial charge < -0.3 is 5.11 Å². The van der Waals surface area contributed by atoms with Crippen LogP contribution in [0.1, 0.15) is 22.9 Å². The Balaban J connectivity index is 2.17. The maximum Gasteiger partial charge on any atom is 0.101 e. The van der Waals surface area contributed by atoms with Gasteiger partial charge in [-0.3, -0.25) is 4.98 Å². The van der Waals surface area contributed by atoms with Crippen molar-refractivity contribution < 1.29 is 5.11 Å². The molecule has 0 aliphatic carbocycles. The van der Waals surface area contributed by atoms with E-state index in [0.717, 1.165) is 10.0 Å². The van der Waals surface area contributed by atoms with Crippen molar-refractivity contribution >= 4 is 15.9 Å². The molecule has 0 aliphatic heterocycles. The predicted molar refractivity (Wildman–Crippen MR) is 71.8 cm³/mol. The molecule has 2 rings (SSSR count). The first kappa shape index (κ1) is 12.3. The third-order valence-electron chi connectivity index (χ3n) is 2.61. The average Bonchev–Trinajstić information content (AvgIpc) is 2.29. The highest BCUT2D eigenvalue weighted by atomic mass is 79.9. The van der Waals surface area contributed by atoms with E-state index in [1.165, 1.54) is 5.56 Å². The molecule has 1 atom stereocenters. The van der Waals surface area contributed by atoms with Crippen molar-refractivity contribution in [2.45, 2.75) is 19.4 Å². The summed E-state index contributed by atoms with van der Waals surface area (Å²) < 4.78 is 0.847. The molecule has 1 aromatic carbocycles. The molecular weight excluding hydrogens is 278 g/mol. The van der Waals surface area contributed by atoms with Crippen LogP contribution < -0.4 is 0 Å². The van der Waals surface area contributed by atoms with Crippen molar-refractivity contribution in [3.8, 4) is 0 Å². The number of aryl methyl sites for hydroxylation is 1. The summed E-state index contributed by atoms with van der Waals surface area (Å²) in [4.78, 5) is 4.20. The number of aliphatic hydroxyl groups is 1. The maximum atomic E-state index is 10.2. The molecule has 1 unspecified atom stereocenters. The number of hydrogen-bond donors (Lipinski definition) is 1. The highest BCUT2D eigenvalue weighted by molar-refractivity contribution is 9.10. The summed E-state index contributed by atoms with van der Waals surface area (Å²) in [6.45, 7) is 2.05. The van der Waals surface area contributed by atoms with Crippen LogP contribution in [-0.2, 0) is 6.42 Å². The lowest BCUT2D eigenvalue weighted by atomic mass is 10.0. The zero-order valence-electron chi connectivity index (χ0n) is 9.60. The lowest BCUT2D eigenvalue weighted by Crippen LogP contribution is -2.05. The van der Waals surface area contributed by atoms with Crippen LogP contribution in [0.4, 0.5) is 0 Å². The van der Waals surface area contributed by atoms with Crippen LogP contribution in [0.25, 0.3) is 0 Å². The summed E-state index contributed by atoms with van der Waals surface area (Å²) >= 11 is 3.40. The largest absolute Gasteiger partial charge is 0.386 e. The van der Waals surface area contributed by atoms with Gasteiger partial charge in [0.2, 0.25) is 0 Å². The Morgan fingerprint density at radius 1 is 1.29 bits per heavy atom. The fraction of sp³-hybridized carbons (Fsp3) is 0.214. The quantitative estimate of drug-likeness (QED) is 0.940. The number of nitrogens with zero attached hydrogens (tertiary/aromatic N) is 1. The second kappa shape index (κ2) is 5.43. The predicted octanol–water partition coefficient (Wildman–Crippen LogP) is 3.43. The molecule has 2 aromatic rings. The van der Waals surface area contributed by atoms with E-state index >= 15 is 0 Å². The Morgan fingerprint density at radius 3 is 2.82 bits per heavy atom. The van der Waals surface area contributed by atoms with Crippen molar-refractivity contribution in [3.05, 3.63) is 63.9 Å². The standard InChI is InChI=1S/C14H14BrNO/c1-10-4-2-5-11(8-10)9-13(17)14-12(15)6-3-7-16-14/h2-8,13,17H,9H2,1H3. The van der Waals surface area contributed by atoms with Gasteiger partial charge in [-0.05, 0) is 40.5 Å². The second-order valence-electron chi connectivity index (χ2n) is 4.08. The SMILES string of the molecule is Cc1cccc(CC(O)c2ncccc2Br)c1. The molecule has 0 radical (unpaired) electrons. The van der Waals surface area contributed by atoms with E-state index in [0.29, 0.717) is 12.1 Å². The number of hydrogen-bond acceptors (Lipinski definition) is 2. The third kappa shape index (κ3) is 3.14. The number of benzene rings is 1. The number of aliphatic hydroxyl groups excluding tert-OH is 1. The Kier molecular flexibility index (Phi) is 3.92. The number of aromatic nitrogens is 1. The van der Waals surface area contributed by atoms with Crippen LogP contribution in [0.5, 0.6) is 0 Å². The first-order valence-electron chi connectivity index (χ1n) is 5.51. The van der Waals surface area contributed by atoms with E-state index in [4.69, 9.17) is 0 Å². The summed E-state index contributed by atoms with van der Waals surface area (Å²) in [6, 6.07) is 11.9. The molecule has 3 heteroatoms. The smallest absolute Gasteiger partial charge is 0.101 e. The molecule has 0 saturated carbocycles. The fourth-order valence-corrected chi connectivity index (χ4v) is 2.32. The van der Waals surface area contributed by atoms with E-state index in [1.54, 1.807) is 6.20 Å². The molecule has 0 amide bonds. The van der Waals surface area contributed by atoms with Gasteiger partial charge in [0.25, 0.3) is 0 Å². The van der Waals surface area contributed by atoms with E-state index in [2.05, 4.69) is 27.0 Å². The van der Waals surface area contributed by atoms with Gasteiger partial charge in [-0.25, -0.2) is 0 Å². The van der Waals surface area contributed by atoms with Crippen molar-refractivity contribution in [1.82, 2.24) is 4.98 Å². The highest BCUT2D eigenvalue weighted by Gasteiger charge is 2.13. The summed E-state index contributed by atoms with van der Waals surface area (Å²) in [6.07, 6.45) is 1.70. The van der Waals surface area contributed by atoms with Gasteiger partial charge in [-0.15, -0.1) is 0 Å². The van der Waals surface area contributed by atoms with Crippen molar-refractivity contribution in [2.75, 3.05) is 0 Å². The van der Waals surface area contributed by atoms with Crippen molar-refractivity contribution in [3.63, 3.8) is 0 Å². The average molecular weight is 292 g/mol. The minimum absolute atomic E-state index is 0.577. The van der Waals surface area contributed by atoms with E-state index < -0.39 is 6.10 Å². The maximum absolute atomic E-state index is 10.2. The van der Waals surface area contributed by atoms with Crippen LogP contribution in [0.2, 0.25) is 0 Å². The third-order valence-corrected chi connectivity index (χ3v) is 3.28. The number of pyridine rings is 1. The molecule has 0 bridgehead atoms. The van der Waals surface area contributed by atoms with Crippen LogP contribution >= 0.6 is 15.9 Å². The van der Waals surface area contributed by atoms with Crippen LogP contribution in [0, 0.1) is 6.92 Å². The van der Waals surface area contributed by atoms with Gasteiger partial charge >= 0.3 is 0 Å². The van der Waals surface area contributed by atoms with Crippen molar-refractivity contribution in [1.29, 1.82) is 0 Å². The second-order valence-corrected chi connectivity index (χ2v) is 4.93. The van der Waals surface area contributed by atoms with Gasteiger partial charge in [-0.2, -0.15) is 0 Å². The van der Waals surface area contributed by atoms with Gasteiger partial charge in [0.15, 0.2) is 0 Å². The van der Waals surface area contributed by atoms with Gasteiger partial charge in [-0.1, -0.05) is 29.8 Å². The molecule has 17 heavy (non-hydrogen) atoms. The molecule has 1 N–H and O–H groups in total. The summed E-state index contributed by atoms with van der Waals surface area (Å²) in [5.41, 5.74) is 3.01. The summed E-state index contributed by atoms with van der Waals surface area (Å²) in [7, 11) is 0. The zero-order valence-corrected chi connectivity index (χ0v) is 11.2. The minimum atomic E-state index is -0.577. The van der Waals surface area contributed by atoms with Crippen molar-refractivity contribution in [2.24, 2.45) is 0 Å². The first-order valence-corrected chi connectivity index (χ1v) is 6.30. The molecular formula is C14H14BrNO. The van der Waals surface area contributed by atoms with E-state index in [1.807, 2.05) is 37.3 Å². The Labute approximate surface area is 109 Å². The Hall–Kier alpha value is -1.19. The number of rotatable bonds is 3. The molecule has 1 heterocycles. The minimum Gasteiger partial charge on any atom is -0.386 e. The van der Waals surface area contributed by atoms with Gasteiger partial charge in [0, 0.05) is 17.1 Å². The molecule has 1 aromatic heterocycles. The van der Waals surface area contributed by atoms with Crippen LogP contribution in [0.3, 0.4) is 0 Å². The molecule has 0 saturated heterocycles.